The summed E-state index contributed by atoms with van der Waals surface area (Å²) < 4.78 is 5.02. The minimum Gasteiger partial charge on any atom is -0.476 e. The predicted molar refractivity (Wildman–Crippen MR) is 67.6 cm³/mol. The summed E-state index contributed by atoms with van der Waals surface area (Å²) in [7, 11) is 4.06. The molecule has 0 unspecified atom stereocenters. The Morgan fingerprint density at radius 1 is 1.39 bits per heavy atom. The second-order valence-corrected chi connectivity index (χ2v) is 4.56. The van der Waals surface area contributed by atoms with E-state index in [4.69, 9.17) is 9.63 Å². The lowest BCUT2D eigenvalue weighted by atomic mass is 10.3. The highest BCUT2D eigenvalue weighted by Crippen LogP contribution is 2.08. The van der Waals surface area contributed by atoms with Gasteiger partial charge in [0.05, 0.1) is 6.54 Å². The summed E-state index contributed by atoms with van der Waals surface area (Å²) in [6.45, 7) is 5.55. The number of aromatic carboxylic acids is 1. The van der Waals surface area contributed by atoms with Crippen molar-refractivity contribution < 1.29 is 14.4 Å². The van der Waals surface area contributed by atoms with Crippen molar-refractivity contribution in [2.75, 3.05) is 33.7 Å². The molecule has 0 aliphatic heterocycles. The Morgan fingerprint density at radius 3 is 2.61 bits per heavy atom. The molecule has 0 atom stereocenters. The van der Waals surface area contributed by atoms with Crippen LogP contribution in [-0.2, 0) is 6.54 Å². The van der Waals surface area contributed by atoms with Gasteiger partial charge < -0.3 is 14.5 Å². The van der Waals surface area contributed by atoms with Gasteiger partial charge in [-0.15, -0.1) is 0 Å². The zero-order chi connectivity index (χ0) is 13.5. The van der Waals surface area contributed by atoms with Gasteiger partial charge in [0, 0.05) is 19.2 Å². The molecule has 6 nitrogen and oxygen atoms in total. The summed E-state index contributed by atoms with van der Waals surface area (Å²) in [5.41, 5.74) is -0.0333. The predicted octanol–water partition coefficient (Wildman–Crippen LogP) is 1.15. The molecule has 1 heterocycles. The lowest BCUT2D eigenvalue weighted by Crippen LogP contribution is -2.31. The van der Waals surface area contributed by atoms with Gasteiger partial charge in [-0.1, -0.05) is 12.1 Å². The topological polar surface area (TPSA) is 69.8 Å². The first kappa shape index (κ1) is 14.7. The Balaban J connectivity index is 2.55. The molecule has 0 aliphatic rings. The van der Waals surface area contributed by atoms with Gasteiger partial charge in [-0.2, -0.15) is 0 Å². The zero-order valence-electron chi connectivity index (χ0n) is 11.2. The molecule has 18 heavy (non-hydrogen) atoms. The first-order valence-corrected chi connectivity index (χ1v) is 6.09. The van der Waals surface area contributed by atoms with Crippen LogP contribution in [0.4, 0.5) is 0 Å². The van der Waals surface area contributed by atoms with Crippen molar-refractivity contribution in [2.45, 2.75) is 19.9 Å². The number of rotatable bonds is 8. The van der Waals surface area contributed by atoms with Crippen molar-refractivity contribution >= 4 is 5.97 Å². The summed E-state index contributed by atoms with van der Waals surface area (Å²) in [6.07, 6.45) is 1.05. The number of carbonyl (C=O) groups is 1. The second kappa shape index (κ2) is 7.13. The van der Waals surface area contributed by atoms with E-state index in [1.807, 2.05) is 14.1 Å². The number of likely N-dealkylation sites (N-methyl/N-ethyl adjacent to an activating group) is 1. The van der Waals surface area contributed by atoms with E-state index in [1.54, 1.807) is 0 Å². The first-order chi connectivity index (χ1) is 8.52. The fraction of sp³-hybridized carbons (Fsp3) is 0.667. The van der Waals surface area contributed by atoms with Gasteiger partial charge in [-0.25, -0.2) is 4.79 Å². The van der Waals surface area contributed by atoms with E-state index in [0.29, 0.717) is 12.3 Å². The summed E-state index contributed by atoms with van der Waals surface area (Å²) >= 11 is 0. The summed E-state index contributed by atoms with van der Waals surface area (Å²) in [5, 5.41) is 12.3. The average Bonchev–Trinajstić information content (AvgIpc) is 2.75. The van der Waals surface area contributed by atoms with Gasteiger partial charge in [0.25, 0.3) is 0 Å². The van der Waals surface area contributed by atoms with Crippen LogP contribution in [0.1, 0.15) is 29.6 Å². The standard InChI is InChI=1S/C12H21N3O3/c1-4-5-15(7-6-14(2)3)9-10-8-11(12(16)17)13-18-10/h8H,4-7,9H2,1-3H3,(H,16,17). The van der Waals surface area contributed by atoms with Crippen molar-refractivity contribution in [2.24, 2.45) is 0 Å². The number of hydrogen-bond acceptors (Lipinski definition) is 5. The molecule has 0 saturated heterocycles. The fourth-order valence-electron chi connectivity index (χ4n) is 1.64. The molecule has 0 fully saturated rings. The monoisotopic (exact) mass is 255 g/mol. The fourth-order valence-corrected chi connectivity index (χ4v) is 1.64. The third-order valence-electron chi connectivity index (χ3n) is 2.56. The lowest BCUT2D eigenvalue weighted by molar-refractivity contribution is 0.0685. The number of carboxylic acids is 1. The van der Waals surface area contributed by atoms with Gasteiger partial charge in [-0.3, -0.25) is 4.90 Å². The Kier molecular flexibility index (Phi) is 5.80. The van der Waals surface area contributed by atoms with Gasteiger partial charge in [0.2, 0.25) is 0 Å². The molecule has 0 radical (unpaired) electrons. The van der Waals surface area contributed by atoms with Crippen LogP contribution in [0.15, 0.2) is 10.6 Å². The zero-order valence-corrected chi connectivity index (χ0v) is 11.2. The lowest BCUT2D eigenvalue weighted by Gasteiger charge is -2.22. The van der Waals surface area contributed by atoms with E-state index >= 15 is 0 Å². The highest BCUT2D eigenvalue weighted by Gasteiger charge is 2.13. The van der Waals surface area contributed by atoms with Crippen LogP contribution in [0.2, 0.25) is 0 Å². The van der Waals surface area contributed by atoms with Crippen molar-refractivity contribution in [1.82, 2.24) is 15.0 Å². The van der Waals surface area contributed by atoms with Crippen molar-refractivity contribution in [1.29, 1.82) is 0 Å². The Labute approximate surface area is 107 Å². The molecule has 102 valence electrons. The van der Waals surface area contributed by atoms with E-state index in [1.165, 1.54) is 6.07 Å². The number of aromatic nitrogens is 1. The average molecular weight is 255 g/mol. The van der Waals surface area contributed by atoms with Crippen LogP contribution < -0.4 is 0 Å². The smallest absolute Gasteiger partial charge is 0.358 e. The first-order valence-electron chi connectivity index (χ1n) is 6.09. The van der Waals surface area contributed by atoms with Crippen molar-refractivity contribution in [3.63, 3.8) is 0 Å². The molecule has 0 aliphatic carbocycles. The van der Waals surface area contributed by atoms with E-state index < -0.39 is 5.97 Å². The minimum atomic E-state index is -1.06. The van der Waals surface area contributed by atoms with E-state index in [2.05, 4.69) is 21.9 Å². The third kappa shape index (κ3) is 4.85. The molecule has 0 spiro atoms. The molecule has 1 rings (SSSR count). The Morgan fingerprint density at radius 2 is 2.11 bits per heavy atom. The maximum Gasteiger partial charge on any atom is 0.358 e. The largest absolute Gasteiger partial charge is 0.476 e. The minimum absolute atomic E-state index is 0.0333. The van der Waals surface area contributed by atoms with Crippen LogP contribution in [0.5, 0.6) is 0 Å². The van der Waals surface area contributed by atoms with E-state index in [0.717, 1.165) is 26.1 Å². The van der Waals surface area contributed by atoms with Crippen LogP contribution in [0.25, 0.3) is 0 Å². The van der Waals surface area contributed by atoms with Crippen LogP contribution in [0, 0.1) is 0 Å². The van der Waals surface area contributed by atoms with Gasteiger partial charge in [-0.05, 0) is 27.1 Å². The highest BCUT2D eigenvalue weighted by molar-refractivity contribution is 5.85. The molecule has 1 aromatic rings. The van der Waals surface area contributed by atoms with Crippen molar-refractivity contribution in [3.8, 4) is 0 Å². The molecular weight excluding hydrogens is 234 g/mol. The number of carboxylic acid groups (broad SMARTS) is 1. The van der Waals surface area contributed by atoms with Crippen LogP contribution >= 0.6 is 0 Å². The van der Waals surface area contributed by atoms with Gasteiger partial charge >= 0.3 is 5.97 Å². The van der Waals surface area contributed by atoms with E-state index in [9.17, 15) is 4.79 Å². The van der Waals surface area contributed by atoms with Crippen molar-refractivity contribution in [3.05, 3.63) is 17.5 Å². The molecule has 6 heteroatoms. The maximum atomic E-state index is 10.7. The molecule has 1 N–H and O–H groups in total. The number of hydrogen-bond donors (Lipinski definition) is 1. The summed E-state index contributed by atoms with van der Waals surface area (Å²) in [4.78, 5) is 15.0. The molecule has 0 aromatic carbocycles. The second-order valence-electron chi connectivity index (χ2n) is 4.56. The molecule has 1 aromatic heterocycles. The van der Waals surface area contributed by atoms with Crippen LogP contribution in [-0.4, -0.2) is 59.8 Å². The Bertz CT molecular complexity index is 376. The molecular formula is C12H21N3O3. The van der Waals surface area contributed by atoms with Crippen LogP contribution in [0.3, 0.4) is 0 Å². The van der Waals surface area contributed by atoms with Gasteiger partial charge in [0.15, 0.2) is 11.5 Å². The molecule has 0 saturated carbocycles. The normalized spacial score (nSPS) is 11.4. The number of nitrogens with zero attached hydrogens (tertiary/aromatic N) is 3. The van der Waals surface area contributed by atoms with Gasteiger partial charge in [0.1, 0.15) is 0 Å². The molecule has 0 amide bonds. The SMILES string of the molecule is CCCN(CCN(C)C)Cc1cc(C(=O)O)no1. The molecule has 0 bridgehead atoms. The third-order valence-corrected chi connectivity index (χ3v) is 2.56. The Hall–Kier alpha value is -1.40. The summed E-state index contributed by atoms with van der Waals surface area (Å²) in [5.74, 6) is -0.458. The maximum absolute atomic E-state index is 10.7. The quantitative estimate of drug-likeness (QED) is 0.751. The van der Waals surface area contributed by atoms with E-state index in [-0.39, 0.29) is 5.69 Å². The summed E-state index contributed by atoms with van der Waals surface area (Å²) in [6, 6.07) is 1.49. The highest BCUT2D eigenvalue weighted by atomic mass is 16.5.